The lowest BCUT2D eigenvalue weighted by Crippen LogP contribution is -2.07. The van der Waals surface area contributed by atoms with Crippen LogP contribution in [-0.4, -0.2) is 17.3 Å². The van der Waals surface area contributed by atoms with Crippen molar-refractivity contribution in [2.75, 3.05) is 12.4 Å². The zero-order chi connectivity index (χ0) is 17.8. The molecule has 0 bridgehead atoms. The molecule has 1 aromatic heterocycles. The summed E-state index contributed by atoms with van der Waals surface area (Å²) in [5.41, 5.74) is 3.29. The van der Waals surface area contributed by atoms with Crippen molar-refractivity contribution in [3.05, 3.63) is 65.3 Å². The van der Waals surface area contributed by atoms with Crippen molar-refractivity contribution in [1.29, 1.82) is 0 Å². The van der Waals surface area contributed by atoms with Crippen LogP contribution in [0.15, 0.2) is 47.0 Å². The van der Waals surface area contributed by atoms with Crippen LogP contribution < -0.4 is 5.32 Å². The fraction of sp³-hybridized carbons (Fsp3) is 0.263. The summed E-state index contributed by atoms with van der Waals surface area (Å²) < 4.78 is 23.9. The van der Waals surface area contributed by atoms with Crippen molar-refractivity contribution in [3.8, 4) is 11.4 Å². The van der Waals surface area contributed by atoms with Gasteiger partial charge in [-0.3, -0.25) is 0 Å². The van der Waals surface area contributed by atoms with E-state index in [-0.39, 0.29) is 11.9 Å². The summed E-state index contributed by atoms with van der Waals surface area (Å²) in [4.78, 5) is 4.42. The number of nitrogens with zero attached hydrogens (tertiary/aromatic N) is 2. The van der Waals surface area contributed by atoms with Gasteiger partial charge in [-0.1, -0.05) is 17.3 Å². The van der Waals surface area contributed by atoms with Gasteiger partial charge in [0.25, 0.3) is 0 Å². The maximum absolute atomic E-state index is 13.4. The Balaban J connectivity index is 1.75. The summed E-state index contributed by atoms with van der Waals surface area (Å²) in [5, 5.41) is 7.33. The Morgan fingerprint density at radius 3 is 2.84 bits per heavy atom. The van der Waals surface area contributed by atoms with Gasteiger partial charge in [0.1, 0.15) is 11.9 Å². The first-order valence-corrected chi connectivity index (χ1v) is 8.01. The van der Waals surface area contributed by atoms with Gasteiger partial charge in [-0.2, -0.15) is 4.98 Å². The summed E-state index contributed by atoms with van der Waals surface area (Å²) in [7, 11) is 1.67. The van der Waals surface area contributed by atoms with E-state index in [1.54, 1.807) is 26.2 Å². The lowest BCUT2D eigenvalue weighted by molar-refractivity contribution is 0.185. The molecule has 0 unspecified atom stereocenters. The van der Waals surface area contributed by atoms with Crippen LogP contribution in [0.2, 0.25) is 0 Å². The predicted octanol–water partition coefficient (Wildman–Crippen LogP) is 4.50. The molecule has 1 heterocycles. The maximum atomic E-state index is 13.4. The molecule has 0 amide bonds. The van der Waals surface area contributed by atoms with Gasteiger partial charge in [-0.25, -0.2) is 4.39 Å². The molecule has 0 aliphatic carbocycles. The zero-order valence-corrected chi connectivity index (χ0v) is 14.4. The fourth-order valence-electron chi connectivity index (χ4n) is 2.54. The highest BCUT2D eigenvalue weighted by atomic mass is 19.1. The zero-order valence-electron chi connectivity index (χ0n) is 14.4. The number of rotatable bonds is 6. The molecule has 2 aromatic carbocycles. The molecule has 3 rings (SSSR count). The third-order valence-corrected chi connectivity index (χ3v) is 3.85. The summed E-state index contributed by atoms with van der Waals surface area (Å²) in [6.45, 7) is 4.20. The molecule has 3 aromatic rings. The third kappa shape index (κ3) is 4.03. The first kappa shape index (κ1) is 17.1. The normalized spacial score (nSPS) is 12.2. The lowest BCUT2D eigenvalue weighted by atomic mass is 10.1. The molecule has 0 saturated heterocycles. The van der Waals surface area contributed by atoms with E-state index in [0.29, 0.717) is 23.9 Å². The molecule has 0 saturated carbocycles. The van der Waals surface area contributed by atoms with Crippen LogP contribution in [0.3, 0.4) is 0 Å². The minimum absolute atomic E-state index is 0.166. The van der Waals surface area contributed by atoms with Crippen LogP contribution in [-0.2, 0) is 11.3 Å². The maximum Gasteiger partial charge on any atom is 0.249 e. The van der Waals surface area contributed by atoms with Gasteiger partial charge < -0.3 is 14.6 Å². The van der Waals surface area contributed by atoms with E-state index in [4.69, 9.17) is 9.26 Å². The number of hydrogen-bond acceptors (Lipinski definition) is 5. The van der Waals surface area contributed by atoms with Gasteiger partial charge in [0.2, 0.25) is 11.7 Å². The smallest absolute Gasteiger partial charge is 0.249 e. The molecule has 1 atom stereocenters. The predicted molar refractivity (Wildman–Crippen MR) is 93.6 cm³/mol. The SMILES string of the molecule is COCc1cccc(N[C@@H](C)c2nc(-c3ccc(F)c(C)c3)no2)c1. The average molecular weight is 341 g/mol. The number of aromatic nitrogens is 2. The number of methoxy groups -OCH3 is 1. The largest absolute Gasteiger partial charge is 0.380 e. The van der Waals surface area contributed by atoms with E-state index in [9.17, 15) is 4.39 Å². The fourth-order valence-corrected chi connectivity index (χ4v) is 2.54. The summed E-state index contributed by atoms with van der Waals surface area (Å²) >= 11 is 0. The van der Waals surface area contributed by atoms with Crippen LogP contribution in [0.1, 0.15) is 30.0 Å². The highest BCUT2D eigenvalue weighted by Gasteiger charge is 2.16. The van der Waals surface area contributed by atoms with Crippen LogP contribution in [0.5, 0.6) is 0 Å². The Hall–Kier alpha value is -2.73. The van der Waals surface area contributed by atoms with Gasteiger partial charge >= 0.3 is 0 Å². The van der Waals surface area contributed by atoms with Gasteiger partial charge in [0.05, 0.1) is 6.61 Å². The number of anilines is 1. The molecule has 0 spiro atoms. The Labute approximate surface area is 145 Å². The quantitative estimate of drug-likeness (QED) is 0.715. The van der Waals surface area contributed by atoms with E-state index in [1.807, 2.05) is 31.2 Å². The van der Waals surface area contributed by atoms with E-state index >= 15 is 0 Å². The first-order chi connectivity index (χ1) is 12.1. The van der Waals surface area contributed by atoms with Gasteiger partial charge in [-0.05, 0) is 55.3 Å². The second-order valence-corrected chi connectivity index (χ2v) is 5.92. The van der Waals surface area contributed by atoms with Crippen molar-refractivity contribution < 1.29 is 13.7 Å². The summed E-state index contributed by atoms with van der Waals surface area (Å²) in [6.07, 6.45) is 0. The topological polar surface area (TPSA) is 60.2 Å². The van der Waals surface area contributed by atoms with Gasteiger partial charge in [0, 0.05) is 18.4 Å². The van der Waals surface area contributed by atoms with E-state index in [2.05, 4.69) is 15.5 Å². The Kier molecular flexibility index (Phi) is 5.09. The highest BCUT2D eigenvalue weighted by Crippen LogP contribution is 2.23. The molecule has 0 fully saturated rings. The molecule has 5 nitrogen and oxygen atoms in total. The van der Waals surface area contributed by atoms with E-state index in [1.165, 1.54) is 6.07 Å². The second kappa shape index (κ2) is 7.44. The van der Waals surface area contributed by atoms with Crippen LogP contribution in [0.25, 0.3) is 11.4 Å². The minimum Gasteiger partial charge on any atom is -0.380 e. The molecular formula is C19H20FN3O2. The standard InChI is InChI=1S/C19H20FN3O2/c1-12-9-15(7-8-17(12)20)18-22-19(25-23-18)13(2)21-16-6-4-5-14(10-16)11-24-3/h4-10,13,21H,11H2,1-3H3/t13-/m0/s1. The van der Waals surface area contributed by atoms with Crippen LogP contribution >= 0.6 is 0 Å². The molecular weight excluding hydrogens is 321 g/mol. The van der Waals surface area contributed by atoms with Crippen molar-refractivity contribution in [3.63, 3.8) is 0 Å². The number of aryl methyl sites for hydroxylation is 1. The van der Waals surface area contributed by atoms with Crippen molar-refractivity contribution in [2.45, 2.75) is 26.5 Å². The monoisotopic (exact) mass is 341 g/mol. The summed E-state index contributed by atoms with van der Waals surface area (Å²) in [5.74, 6) is 0.660. The molecule has 0 aliphatic heterocycles. The number of nitrogens with one attached hydrogen (secondary N) is 1. The molecule has 25 heavy (non-hydrogen) atoms. The molecule has 6 heteroatoms. The van der Waals surface area contributed by atoms with Crippen LogP contribution in [0, 0.1) is 12.7 Å². The first-order valence-electron chi connectivity index (χ1n) is 8.01. The Morgan fingerprint density at radius 2 is 2.08 bits per heavy atom. The third-order valence-electron chi connectivity index (χ3n) is 3.85. The molecule has 0 radical (unpaired) electrons. The number of ether oxygens (including phenoxy) is 1. The van der Waals surface area contributed by atoms with Crippen LogP contribution in [0.4, 0.5) is 10.1 Å². The Morgan fingerprint density at radius 1 is 1.24 bits per heavy atom. The molecule has 130 valence electrons. The number of halogens is 1. The van der Waals surface area contributed by atoms with Crippen molar-refractivity contribution in [2.24, 2.45) is 0 Å². The van der Waals surface area contributed by atoms with E-state index < -0.39 is 0 Å². The lowest BCUT2D eigenvalue weighted by Gasteiger charge is -2.12. The van der Waals surface area contributed by atoms with Crippen molar-refractivity contribution in [1.82, 2.24) is 10.1 Å². The minimum atomic E-state index is -0.251. The summed E-state index contributed by atoms with van der Waals surface area (Å²) in [6, 6.07) is 12.5. The van der Waals surface area contributed by atoms with Crippen molar-refractivity contribution >= 4 is 5.69 Å². The highest BCUT2D eigenvalue weighted by molar-refractivity contribution is 5.55. The number of hydrogen-bond donors (Lipinski definition) is 1. The van der Waals surface area contributed by atoms with Gasteiger partial charge in [0.15, 0.2) is 0 Å². The average Bonchev–Trinajstić information content (AvgIpc) is 3.08. The Bertz CT molecular complexity index is 863. The molecule has 1 N–H and O–H groups in total. The van der Waals surface area contributed by atoms with Gasteiger partial charge in [-0.15, -0.1) is 0 Å². The second-order valence-electron chi connectivity index (χ2n) is 5.92. The number of benzene rings is 2. The molecule has 0 aliphatic rings. The van der Waals surface area contributed by atoms with E-state index in [0.717, 1.165) is 16.8 Å².